The van der Waals surface area contributed by atoms with Crippen molar-refractivity contribution in [3.63, 3.8) is 0 Å². The van der Waals surface area contributed by atoms with Gasteiger partial charge in [-0.3, -0.25) is 19.4 Å². The molecular weight excluding hydrogens is 391 g/mol. The van der Waals surface area contributed by atoms with Crippen molar-refractivity contribution >= 4 is 29.5 Å². The number of hydrogen-bond donors (Lipinski definition) is 2. The van der Waals surface area contributed by atoms with Crippen LogP contribution in [0.25, 0.3) is 0 Å². The number of hydrogen-bond acceptors (Lipinski definition) is 4. The van der Waals surface area contributed by atoms with Crippen LogP contribution in [0.1, 0.15) is 37.9 Å². The lowest BCUT2D eigenvalue weighted by Gasteiger charge is -2.37. The van der Waals surface area contributed by atoms with E-state index in [2.05, 4.69) is 0 Å². The highest BCUT2D eigenvalue weighted by molar-refractivity contribution is 6.31. The van der Waals surface area contributed by atoms with Gasteiger partial charge in [-0.15, -0.1) is 0 Å². The fourth-order valence-corrected chi connectivity index (χ4v) is 4.11. The molecule has 0 spiro atoms. The van der Waals surface area contributed by atoms with Crippen molar-refractivity contribution in [3.05, 3.63) is 63.4 Å². The highest BCUT2D eigenvalue weighted by Gasteiger charge is 2.42. The van der Waals surface area contributed by atoms with Crippen LogP contribution < -0.4 is 0 Å². The number of amides is 3. The Morgan fingerprint density at radius 3 is 2.39 bits per heavy atom. The molecule has 0 saturated heterocycles. The second-order valence-electron chi connectivity index (χ2n) is 6.59. The SMILES string of the molecule is O=C1c2ccccc2C(=O)N1C[C@@H]1c2c(O)c(F)cc(Cl)c2CCN1C(=O)O. The van der Waals surface area contributed by atoms with Crippen molar-refractivity contribution in [2.45, 2.75) is 12.5 Å². The zero-order valence-electron chi connectivity index (χ0n) is 14.4. The Morgan fingerprint density at radius 2 is 1.82 bits per heavy atom. The molecule has 2 aliphatic heterocycles. The molecule has 2 aromatic rings. The molecule has 28 heavy (non-hydrogen) atoms. The standard InChI is InChI=1S/C19H14ClFN2O5/c20-12-7-13(21)16(24)15-11(12)5-6-22(19(27)28)14(15)8-23-17(25)9-3-1-2-4-10(9)18(23)26/h1-4,7,14,24H,5-6,8H2,(H,27,28)/t14-/m1/s1. The minimum atomic E-state index is -1.31. The van der Waals surface area contributed by atoms with E-state index in [1.165, 1.54) is 12.1 Å². The predicted octanol–water partition coefficient (Wildman–Crippen LogP) is 3.06. The number of phenolic OH excluding ortho intramolecular Hbond substituents is 1. The normalized spacial score (nSPS) is 18.3. The van der Waals surface area contributed by atoms with Gasteiger partial charge in [-0.1, -0.05) is 23.7 Å². The number of phenols is 1. The molecule has 0 saturated carbocycles. The van der Waals surface area contributed by atoms with Gasteiger partial charge in [0.2, 0.25) is 0 Å². The Hall–Kier alpha value is -3.13. The highest BCUT2D eigenvalue weighted by Crippen LogP contribution is 2.42. The molecule has 0 bridgehead atoms. The molecule has 0 aromatic heterocycles. The van der Waals surface area contributed by atoms with Gasteiger partial charge in [0.05, 0.1) is 23.7 Å². The van der Waals surface area contributed by atoms with Gasteiger partial charge < -0.3 is 10.2 Å². The van der Waals surface area contributed by atoms with E-state index >= 15 is 0 Å². The van der Waals surface area contributed by atoms with Gasteiger partial charge in [0, 0.05) is 17.1 Å². The summed E-state index contributed by atoms with van der Waals surface area (Å²) in [5, 5.41) is 19.9. The first-order valence-electron chi connectivity index (χ1n) is 8.45. The summed E-state index contributed by atoms with van der Waals surface area (Å²) in [6, 6.07) is 6.07. The van der Waals surface area contributed by atoms with E-state index in [1.807, 2.05) is 0 Å². The molecule has 0 fully saturated rings. The Kier molecular flexibility index (Phi) is 4.23. The van der Waals surface area contributed by atoms with Gasteiger partial charge in [0.25, 0.3) is 11.8 Å². The maximum atomic E-state index is 14.1. The highest BCUT2D eigenvalue weighted by atomic mass is 35.5. The van der Waals surface area contributed by atoms with Crippen LogP contribution in [0.2, 0.25) is 5.02 Å². The summed E-state index contributed by atoms with van der Waals surface area (Å²) in [4.78, 5) is 39.0. The monoisotopic (exact) mass is 404 g/mol. The van der Waals surface area contributed by atoms with Crippen molar-refractivity contribution in [3.8, 4) is 5.75 Å². The van der Waals surface area contributed by atoms with Crippen molar-refractivity contribution in [2.75, 3.05) is 13.1 Å². The smallest absolute Gasteiger partial charge is 0.407 e. The lowest BCUT2D eigenvalue weighted by atomic mass is 9.91. The number of fused-ring (bicyclic) bond motifs is 2. The summed E-state index contributed by atoms with van der Waals surface area (Å²) in [5.41, 5.74) is 0.814. The number of carboxylic acid groups (broad SMARTS) is 1. The Balaban J connectivity index is 1.80. The molecule has 2 N–H and O–H groups in total. The first kappa shape index (κ1) is 18.2. The van der Waals surface area contributed by atoms with E-state index in [9.17, 15) is 29.0 Å². The average molecular weight is 405 g/mol. The van der Waals surface area contributed by atoms with Crippen molar-refractivity contribution in [1.29, 1.82) is 0 Å². The fourth-order valence-electron chi connectivity index (χ4n) is 3.82. The molecule has 0 unspecified atom stereocenters. The summed E-state index contributed by atoms with van der Waals surface area (Å²) >= 11 is 6.09. The average Bonchev–Trinajstić information content (AvgIpc) is 2.91. The number of halogens is 2. The van der Waals surface area contributed by atoms with E-state index < -0.39 is 35.5 Å². The van der Waals surface area contributed by atoms with Crippen LogP contribution in [0.15, 0.2) is 30.3 Å². The fraction of sp³-hybridized carbons (Fsp3) is 0.211. The zero-order valence-corrected chi connectivity index (χ0v) is 15.1. The van der Waals surface area contributed by atoms with Crippen molar-refractivity contribution in [1.82, 2.24) is 9.80 Å². The molecule has 0 radical (unpaired) electrons. The van der Waals surface area contributed by atoms with Gasteiger partial charge in [-0.25, -0.2) is 9.18 Å². The molecule has 1 atom stereocenters. The third-order valence-corrected chi connectivity index (χ3v) is 5.48. The Labute approximate surface area is 163 Å². The third-order valence-electron chi connectivity index (χ3n) is 5.14. The van der Waals surface area contributed by atoms with Gasteiger partial charge >= 0.3 is 6.09 Å². The number of nitrogens with zero attached hydrogens (tertiary/aromatic N) is 2. The second kappa shape index (κ2) is 6.49. The molecular formula is C19H14ClFN2O5. The second-order valence-corrected chi connectivity index (χ2v) is 7.00. The number of aromatic hydroxyl groups is 1. The van der Waals surface area contributed by atoms with Gasteiger partial charge in [-0.05, 0) is 30.2 Å². The lowest BCUT2D eigenvalue weighted by molar-refractivity contribution is 0.0566. The topological polar surface area (TPSA) is 98.2 Å². The summed E-state index contributed by atoms with van der Waals surface area (Å²) in [5.74, 6) is -2.87. The summed E-state index contributed by atoms with van der Waals surface area (Å²) in [6.45, 7) is -0.333. The summed E-state index contributed by atoms with van der Waals surface area (Å²) in [7, 11) is 0. The molecule has 2 aromatic carbocycles. The van der Waals surface area contributed by atoms with Crippen LogP contribution >= 0.6 is 11.6 Å². The first-order chi connectivity index (χ1) is 13.3. The minimum Gasteiger partial charge on any atom is -0.505 e. The Morgan fingerprint density at radius 1 is 1.21 bits per heavy atom. The van der Waals surface area contributed by atoms with Gasteiger partial charge in [0.15, 0.2) is 11.6 Å². The number of carbonyl (C=O) groups excluding carboxylic acids is 2. The van der Waals surface area contributed by atoms with E-state index in [0.717, 1.165) is 15.9 Å². The predicted molar refractivity (Wildman–Crippen MR) is 96.1 cm³/mol. The molecule has 3 amide bonds. The van der Waals surface area contributed by atoms with Gasteiger partial charge in [-0.2, -0.15) is 0 Å². The maximum Gasteiger partial charge on any atom is 0.407 e. The molecule has 0 aliphatic carbocycles. The quantitative estimate of drug-likeness (QED) is 0.750. The molecule has 9 heteroatoms. The van der Waals surface area contributed by atoms with E-state index in [1.54, 1.807) is 12.1 Å². The van der Waals surface area contributed by atoms with Crippen LogP contribution in [0, 0.1) is 5.82 Å². The summed E-state index contributed by atoms with van der Waals surface area (Å²) in [6.07, 6.45) is -1.14. The van der Waals surface area contributed by atoms with Crippen LogP contribution in [0.4, 0.5) is 9.18 Å². The van der Waals surface area contributed by atoms with Crippen LogP contribution in [0.3, 0.4) is 0 Å². The van der Waals surface area contributed by atoms with E-state index in [4.69, 9.17) is 11.6 Å². The molecule has 144 valence electrons. The first-order valence-corrected chi connectivity index (χ1v) is 8.83. The van der Waals surface area contributed by atoms with Crippen molar-refractivity contribution < 1.29 is 29.0 Å². The largest absolute Gasteiger partial charge is 0.505 e. The zero-order chi connectivity index (χ0) is 20.2. The number of rotatable bonds is 2. The molecule has 7 nitrogen and oxygen atoms in total. The van der Waals surface area contributed by atoms with Crippen molar-refractivity contribution in [2.24, 2.45) is 0 Å². The lowest BCUT2D eigenvalue weighted by Crippen LogP contribution is -2.46. The Bertz CT molecular complexity index is 1010. The molecule has 4 rings (SSSR count). The van der Waals surface area contributed by atoms with Crippen LogP contribution in [-0.4, -0.2) is 51.0 Å². The van der Waals surface area contributed by atoms with E-state index in [-0.39, 0.29) is 41.2 Å². The van der Waals surface area contributed by atoms with E-state index in [0.29, 0.717) is 5.56 Å². The number of benzene rings is 2. The molecule has 2 aliphatic rings. The molecule has 2 heterocycles. The minimum absolute atomic E-state index is 0.0183. The maximum absolute atomic E-state index is 14.1. The summed E-state index contributed by atoms with van der Waals surface area (Å²) < 4.78 is 14.1. The number of imide groups is 1. The third kappa shape index (κ3) is 2.60. The number of carbonyl (C=O) groups is 3. The van der Waals surface area contributed by atoms with Crippen LogP contribution in [-0.2, 0) is 6.42 Å². The van der Waals surface area contributed by atoms with Crippen LogP contribution in [0.5, 0.6) is 5.75 Å². The van der Waals surface area contributed by atoms with Gasteiger partial charge in [0.1, 0.15) is 0 Å².